The number of nitrogens with zero attached hydrogens (tertiary/aromatic N) is 2. The molecule has 0 atom stereocenters. The van der Waals surface area contributed by atoms with E-state index in [-0.39, 0.29) is 5.91 Å². The lowest BCUT2D eigenvalue weighted by atomic mass is 10.1. The summed E-state index contributed by atoms with van der Waals surface area (Å²) in [5.74, 6) is 0.0904. The number of amides is 1. The third-order valence-corrected chi connectivity index (χ3v) is 2.85. The highest BCUT2D eigenvalue weighted by Gasteiger charge is 2.12. The molecule has 1 aromatic heterocycles. The Morgan fingerprint density at radius 1 is 1.44 bits per heavy atom. The molecule has 1 N–H and O–H groups in total. The minimum Gasteiger partial charge on any atom is -0.356 e. The number of carbonyl (C=O) groups excluding carboxylic acids is 1. The maximum Gasteiger partial charge on any atom is 0.224 e. The van der Waals surface area contributed by atoms with Crippen LogP contribution in [-0.2, 0) is 18.3 Å². The summed E-state index contributed by atoms with van der Waals surface area (Å²) in [6.07, 6.45) is 2.58. The van der Waals surface area contributed by atoms with Gasteiger partial charge in [0.15, 0.2) is 0 Å². The van der Waals surface area contributed by atoms with Crippen LogP contribution in [0.4, 0.5) is 0 Å². The molecule has 0 aliphatic carbocycles. The van der Waals surface area contributed by atoms with Crippen molar-refractivity contribution in [1.29, 1.82) is 0 Å². The molecular weight excluding hydrogens is 202 g/mol. The van der Waals surface area contributed by atoms with Crippen LogP contribution in [0.3, 0.4) is 0 Å². The second-order valence-electron chi connectivity index (χ2n) is 4.15. The van der Waals surface area contributed by atoms with Gasteiger partial charge in [-0.3, -0.25) is 9.48 Å². The molecule has 1 aromatic rings. The zero-order chi connectivity index (χ0) is 12.1. The fourth-order valence-electron chi connectivity index (χ4n) is 1.70. The third kappa shape index (κ3) is 3.08. The van der Waals surface area contributed by atoms with Crippen LogP contribution in [0.15, 0.2) is 0 Å². The van der Waals surface area contributed by atoms with Crippen LogP contribution in [0, 0.1) is 13.8 Å². The number of unbranched alkanes of at least 4 members (excludes halogenated alkanes) is 1. The van der Waals surface area contributed by atoms with E-state index in [1.165, 1.54) is 0 Å². The molecule has 90 valence electrons. The third-order valence-electron chi connectivity index (χ3n) is 2.85. The number of hydrogen-bond donors (Lipinski definition) is 1. The number of carbonyl (C=O) groups is 1. The average Bonchev–Trinajstić information content (AvgIpc) is 2.46. The molecule has 0 radical (unpaired) electrons. The van der Waals surface area contributed by atoms with Crippen LogP contribution in [0.1, 0.15) is 36.7 Å². The first-order valence-electron chi connectivity index (χ1n) is 5.82. The van der Waals surface area contributed by atoms with Crippen molar-refractivity contribution < 1.29 is 4.79 Å². The largest absolute Gasteiger partial charge is 0.356 e. The predicted octanol–water partition coefficient (Wildman–Crippen LogP) is 1.50. The Balaban J connectivity index is 2.56. The molecule has 1 heterocycles. The van der Waals surface area contributed by atoms with Gasteiger partial charge in [0.05, 0.1) is 12.1 Å². The molecule has 16 heavy (non-hydrogen) atoms. The van der Waals surface area contributed by atoms with Crippen molar-refractivity contribution in [1.82, 2.24) is 15.1 Å². The van der Waals surface area contributed by atoms with E-state index in [1.54, 1.807) is 0 Å². The van der Waals surface area contributed by atoms with Gasteiger partial charge in [-0.2, -0.15) is 5.10 Å². The highest BCUT2D eigenvalue weighted by Crippen LogP contribution is 2.12. The van der Waals surface area contributed by atoms with E-state index in [4.69, 9.17) is 0 Å². The van der Waals surface area contributed by atoms with E-state index in [1.807, 2.05) is 25.6 Å². The van der Waals surface area contributed by atoms with Crippen molar-refractivity contribution in [2.75, 3.05) is 6.54 Å². The molecule has 0 unspecified atom stereocenters. The maximum atomic E-state index is 11.7. The zero-order valence-corrected chi connectivity index (χ0v) is 10.6. The lowest BCUT2D eigenvalue weighted by Gasteiger charge is -2.04. The first-order chi connectivity index (χ1) is 7.56. The summed E-state index contributed by atoms with van der Waals surface area (Å²) in [6, 6.07) is 0. The first-order valence-corrected chi connectivity index (χ1v) is 5.82. The second kappa shape index (κ2) is 5.68. The van der Waals surface area contributed by atoms with E-state index < -0.39 is 0 Å². The van der Waals surface area contributed by atoms with Gasteiger partial charge in [0.25, 0.3) is 0 Å². The van der Waals surface area contributed by atoms with Crippen LogP contribution < -0.4 is 5.32 Å². The molecule has 4 nitrogen and oxygen atoms in total. The lowest BCUT2D eigenvalue weighted by Crippen LogP contribution is -2.26. The monoisotopic (exact) mass is 223 g/mol. The number of aryl methyl sites for hydroxylation is 2. The van der Waals surface area contributed by atoms with Crippen LogP contribution in [0.25, 0.3) is 0 Å². The van der Waals surface area contributed by atoms with Gasteiger partial charge in [0.2, 0.25) is 5.91 Å². The van der Waals surface area contributed by atoms with Crippen molar-refractivity contribution in [2.24, 2.45) is 7.05 Å². The van der Waals surface area contributed by atoms with Crippen LogP contribution >= 0.6 is 0 Å². The molecule has 1 rings (SSSR count). The number of nitrogens with one attached hydrogen (secondary N) is 1. The Morgan fingerprint density at radius 3 is 2.62 bits per heavy atom. The topological polar surface area (TPSA) is 46.9 Å². The molecule has 0 spiro atoms. The Hall–Kier alpha value is -1.32. The summed E-state index contributed by atoms with van der Waals surface area (Å²) in [6.45, 7) is 6.82. The minimum atomic E-state index is 0.0904. The van der Waals surface area contributed by atoms with Gasteiger partial charge < -0.3 is 5.32 Å². The van der Waals surface area contributed by atoms with Gasteiger partial charge in [-0.1, -0.05) is 13.3 Å². The standard InChI is InChI=1S/C12H21N3O/c1-5-6-7-13-12(16)8-11-9(2)14-15(4)10(11)3/h5-8H2,1-4H3,(H,13,16). The number of hydrogen-bond acceptors (Lipinski definition) is 2. The smallest absolute Gasteiger partial charge is 0.224 e. The highest BCUT2D eigenvalue weighted by atomic mass is 16.1. The molecule has 0 aliphatic rings. The van der Waals surface area contributed by atoms with Gasteiger partial charge in [0, 0.05) is 24.8 Å². The number of aromatic nitrogens is 2. The highest BCUT2D eigenvalue weighted by molar-refractivity contribution is 5.79. The van der Waals surface area contributed by atoms with E-state index in [0.29, 0.717) is 6.42 Å². The fraction of sp³-hybridized carbons (Fsp3) is 0.667. The normalized spacial score (nSPS) is 10.5. The summed E-state index contributed by atoms with van der Waals surface area (Å²) in [4.78, 5) is 11.7. The summed E-state index contributed by atoms with van der Waals surface area (Å²) in [5, 5.41) is 7.22. The predicted molar refractivity (Wildman–Crippen MR) is 64.3 cm³/mol. The summed E-state index contributed by atoms with van der Waals surface area (Å²) in [7, 11) is 1.90. The second-order valence-corrected chi connectivity index (χ2v) is 4.15. The molecule has 0 fully saturated rings. The Kier molecular flexibility index (Phi) is 4.52. The molecule has 0 aromatic carbocycles. The average molecular weight is 223 g/mol. The zero-order valence-electron chi connectivity index (χ0n) is 10.6. The van der Waals surface area contributed by atoms with E-state index in [9.17, 15) is 4.79 Å². The van der Waals surface area contributed by atoms with Crippen molar-refractivity contribution >= 4 is 5.91 Å². The molecule has 1 amide bonds. The number of rotatable bonds is 5. The van der Waals surface area contributed by atoms with E-state index >= 15 is 0 Å². The Labute approximate surface area is 97.0 Å². The minimum absolute atomic E-state index is 0.0904. The Morgan fingerprint density at radius 2 is 2.12 bits per heavy atom. The van der Waals surface area contributed by atoms with Crippen LogP contribution in [0.2, 0.25) is 0 Å². The van der Waals surface area contributed by atoms with Gasteiger partial charge in [-0.25, -0.2) is 0 Å². The first kappa shape index (κ1) is 12.7. The van der Waals surface area contributed by atoms with Crippen LogP contribution in [0.5, 0.6) is 0 Å². The molecule has 0 saturated heterocycles. The molecule has 0 saturated carbocycles. The SMILES string of the molecule is CCCCNC(=O)Cc1c(C)nn(C)c1C. The van der Waals surface area contributed by atoms with Crippen molar-refractivity contribution in [3.05, 3.63) is 17.0 Å². The fourth-order valence-corrected chi connectivity index (χ4v) is 1.70. The van der Waals surface area contributed by atoms with Gasteiger partial charge >= 0.3 is 0 Å². The molecule has 0 bridgehead atoms. The summed E-state index contributed by atoms with van der Waals surface area (Å²) >= 11 is 0. The molecule has 4 heteroatoms. The maximum absolute atomic E-state index is 11.7. The van der Waals surface area contributed by atoms with Crippen molar-refractivity contribution in [3.8, 4) is 0 Å². The van der Waals surface area contributed by atoms with Gasteiger partial charge in [0.1, 0.15) is 0 Å². The van der Waals surface area contributed by atoms with E-state index in [0.717, 1.165) is 36.3 Å². The quantitative estimate of drug-likeness (QED) is 0.769. The van der Waals surface area contributed by atoms with Gasteiger partial charge in [-0.15, -0.1) is 0 Å². The Bertz CT molecular complexity index is 369. The summed E-state index contributed by atoms with van der Waals surface area (Å²) < 4.78 is 1.82. The van der Waals surface area contributed by atoms with E-state index in [2.05, 4.69) is 17.3 Å². The van der Waals surface area contributed by atoms with Crippen molar-refractivity contribution in [2.45, 2.75) is 40.0 Å². The molecular formula is C12H21N3O. The van der Waals surface area contributed by atoms with Crippen LogP contribution in [-0.4, -0.2) is 22.2 Å². The molecule has 0 aliphatic heterocycles. The summed E-state index contributed by atoms with van der Waals surface area (Å²) in [5.41, 5.74) is 3.07. The lowest BCUT2D eigenvalue weighted by molar-refractivity contribution is -0.120. The van der Waals surface area contributed by atoms with Gasteiger partial charge in [-0.05, 0) is 20.3 Å². The van der Waals surface area contributed by atoms with Crippen molar-refractivity contribution in [3.63, 3.8) is 0 Å².